The predicted octanol–water partition coefficient (Wildman–Crippen LogP) is 3.64. The molecule has 0 radical (unpaired) electrons. The van der Waals surface area contributed by atoms with Crippen molar-refractivity contribution in [2.24, 2.45) is 0 Å². The van der Waals surface area contributed by atoms with E-state index in [0.29, 0.717) is 22.2 Å². The Morgan fingerprint density at radius 1 is 0.967 bits per heavy atom. The third-order valence-electron chi connectivity index (χ3n) is 4.96. The molecule has 0 bridgehead atoms. The second kappa shape index (κ2) is 9.09. The molecule has 1 fully saturated rings. The first-order chi connectivity index (χ1) is 14.6. The van der Waals surface area contributed by atoms with Gasteiger partial charge in [0.05, 0.1) is 11.0 Å². The van der Waals surface area contributed by atoms with Gasteiger partial charge in [-0.15, -0.1) is 0 Å². The summed E-state index contributed by atoms with van der Waals surface area (Å²) in [7, 11) is 0. The number of carbonyl (C=O) groups is 2. The Hall–Kier alpha value is -3.19. The molecule has 0 unspecified atom stereocenters. The van der Waals surface area contributed by atoms with E-state index in [4.69, 9.17) is 16.6 Å². The van der Waals surface area contributed by atoms with Crippen LogP contribution < -0.4 is 15.5 Å². The zero-order valence-corrected chi connectivity index (χ0v) is 17.2. The van der Waals surface area contributed by atoms with Crippen LogP contribution in [0.25, 0.3) is 11.0 Å². The third kappa shape index (κ3) is 4.68. The number of fused-ring (bicyclic) bond motifs is 1. The van der Waals surface area contributed by atoms with Crippen LogP contribution in [0.1, 0.15) is 29.6 Å². The van der Waals surface area contributed by atoms with Crippen LogP contribution in [0.4, 0.5) is 11.6 Å². The van der Waals surface area contributed by atoms with E-state index in [1.807, 2.05) is 24.3 Å². The minimum atomic E-state index is -0.247. The molecule has 0 aliphatic carbocycles. The van der Waals surface area contributed by atoms with Crippen molar-refractivity contribution in [3.05, 3.63) is 59.1 Å². The molecule has 2 amide bonds. The lowest BCUT2D eigenvalue weighted by atomic mass is 10.2. The highest BCUT2D eigenvalue weighted by molar-refractivity contribution is 6.30. The van der Waals surface area contributed by atoms with Gasteiger partial charge in [0.15, 0.2) is 11.6 Å². The molecule has 4 rings (SSSR count). The third-order valence-corrected chi connectivity index (χ3v) is 5.21. The summed E-state index contributed by atoms with van der Waals surface area (Å²) in [6.07, 6.45) is 2.32. The monoisotopic (exact) mass is 423 g/mol. The number of hydrogen-bond donors (Lipinski definition) is 2. The first-order valence-corrected chi connectivity index (χ1v) is 10.3. The number of amides is 2. The normalized spacial score (nSPS) is 13.4. The van der Waals surface area contributed by atoms with Crippen LogP contribution in [-0.4, -0.2) is 41.4 Å². The van der Waals surface area contributed by atoms with E-state index in [9.17, 15) is 9.59 Å². The molecule has 154 valence electrons. The summed E-state index contributed by atoms with van der Waals surface area (Å²) in [6, 6.07) is 14.2. The summed E-state index contributed by atoms with van der Waals surface area (Å²) in [6.45, 7) is 2.01. The Morgan fingerprint density at radius 3 is 2.33 bits per heavy atom. The molecule has 2 aromatic carbocycles. The van der Waals surface area contributed by atoms with E-state index in [2.05, 4.69) is 20.5 Å². The molecular formula is C22H22ClN5O2. The number of anilines is 2. The van der Waals surface area contributed by atoms with Crippen LogP contribution in [0, 0.1) is 0 Å². The van der Waals surface area contributed by atoms with Crippen molar-refractivity contribution in [3.63, 3.8) is 0 Å². The topological polar surface area (TPSA) is 87.2 Å². The Labute approximate surface area is 179 Å². The number of halogens is 1. The number of carbonyl (C=O) groups excluding carboxylic acids is 2. The molecular weight excluding hydrogens is 402 g/mol. The van der Waals surface area contributed by atoms with Gasteiger partial charge in [-0.25, -0.2) is 9.97 Å². The Bertz CT molecular complexity index is 1060. The number of nitrogens with zero attached hydrogens (tertiary/aromatic N) is 3. The van der Waals surface area contributed by atoms with Crippen LogP contribution in [0.5, 0.6) is 0 Å². The van der Waals surface area contributed by atoms with E-state index < -0.39 is 0 Å². The smallest absolute Gasteiger partial charge is 0.251 e. The van der Waals surface area contributed by atoms with Crippen molar-refractivity contribution < 1.29 is 9.59 Å². The van der Waals surface area contributed by atoms with Crippen LogP contribution >= 0.6 is 11.6 Å². The second-order valence-corrected chi connectivity index (χ2v) is 7.58. The largest absolute Gasteiger partial charge is 0.354 e. The second-order valence-electron chi connectivity index (χ2n) is 7.14. The van der Waals surface area contributed by atoms with Gasteiger partial charge in [-0.2, -0.15) is 0 Å². The maximum absolute atomic E-state index is 12.5. The first-order valence-electron chi connectivity index (χ1n) is 9.95. The van der Waals surface area contributed by atoms with Gasteiger partial charge in [0.25, 0.3) is 5.91 Å². The van der Waals surface area contributed by atoms with Crippen LogP contribution in [0.2, 0.25) is 5.02 Å². The maximum atomic E-state index is 12.5. The van der Waals surface area contributed by atoms with Crippen molar-refractivity contribution in [2.75, 3.05) is 29.9 Å². The molecule has 1 aliphatic rings. The number of para-hydroxylation sites is 2. The van der Waals surface area contributed by atoms with Gasteiger partial charge < -0.3 is 15.5 Å². The molecule has 30 heavy (non-hydrogen) atoms. The fourth-order valence-electron chi connectivity index (χ4n) is 3.41. The molecule has 7 nitrogen and oxygen atoms in total. The fraction of sp³-hybridized carbons (Fsp3) is 0.273. The number of hydrogen-bond acceptors (Lipinski definition) is 5. The van der Waals surface area contributed by atoms with E-state index in [1.165, 1.54) is 0 Å². The van der Waals surface area contributed by atoms with Crippen LogP contribution in [0.15, 0.2) is 48.5 Å². The van der Waals surface area contributed by atoms with Gasteiger partial charge in [-0.1, -0.05) is 23.7 Å². The highest BCUT2D eigenvalue weighted by Gasteiger charge is 2.20. The van der Waals surface area contributed by atoms with Gasteiger partial charge in [0, 0.05) is 36.6 Å². The zero-order valence-electron chi connectivity index (χ0n) is 16.4. The van der Waals surface area contributed by atoms with Crippen molar-refractivity contribution in [1.82, 2.24) is 15.3 Å². The SMILES string of the molecule is O=C(CCNC(=O)c1ccc(Cl)cc1)Nc1nc2ccccc2nc1N1CCCC1. The predicted molar refractivity (Wildman–Crippen MR) is 118 cm³/mol. The fourth-order valence-corrected chi connectivity index (χ4v) is 3.54. The summed E-state index contributed by atoms with van der Waals surface area (Å²) in [5, 5.41) is 6.19. The summed E-state index contributed by atoms with van der Waals surface area (Å²) >= 11 is 5.84. The molecule has 1 saturated heterocycles. The average Bonchev–Trinajstić information content (AvgIpc) is 3.28. The lowest BCUT2D eigenvalue weighted by molar-refractivity contribution is -0.116. The van der Waals surface area contributed by atoms with Gasteiger partial charge in [-0.05, 0) is 49.2 Å². The molecule has 0 saturated carbocycles. The number of aromatic nitrogens is 2. The lowest BCUT2D eigenvalue weighted by Crippen LogP contribution is -2.28. The number of nitrogens with one attached hydrogen (secondary N) is 2. The Morgan fingerprint density at radius 2 is 1.63 bits per heavy atom. The van der Waals surface area contributed by atoms with Gasteiger partial charge in [0.2, 0.25) is 5.91 Å². The molecule has 3 aromatic rings. The van der Waals surface area contributed by atoms with E-state index in [0.717, 1.165) is 37.0 Å². The van der Waals surface area contributed by atoms with Crippen molar-refractivity contribution in [1.29, 1.82) is 0 Å². The first kappa shape index (κ1) is 20.1. The minimum absolute atomic E-state index is 0.132. The van der Waals surface area contributed by atoms with Gasteiger partial charge in [0.1, 0.15) is 0 Å². The maximum Gasteiger partial charge on any atom is 0.251 e. The van der Waals surface area contributed by atoms with Gasteiger partial charge >= 0.3 is 0 Å². The standard InChI is InChI=1S/C22H22ClN5O2/c23-16-9-7-15(8-10-16)22(30)24-12-11-19(29)27-20-21(28-13-3-4-14-28)26-18-6-2-1-5-17(18)25-20/h1-2,5-10H,3-4,11-14H2,(H,24,30)(H,25,27,29). The van der Waals surface area contributed by atoms with E-state index in [-0.39, 0.29) is 24.8 Å². The summed E-state index contributed by atoms with van der Waals surface area (Å²) < 4.78 is 0. The minimum Gasteiger partial charge on any atom is -0.354 e. The molecule has 0 atom stereocenters. The molecule has 1 aromatic heterocycles. The molecule has 2 N–H and O–H groups in total. The summed E-state index contributed by atoms with van der Waals surface area (Å²) in [5.74, 6) is 0.688. The van der Waals surface area contributed by atoms with Gasteiger partial charge in [-0.3, -0.25) is 9.59 Å². The molecule has 0 spiro atoms. The van der Waals surface area contributed by atoms with Crippen LogP contribution in [-0.2, 0) is 4.79 Å². The van der Waals surface area contributed by atoms with E-state index >= 15 is 0 Å². The summed E-state index contributed by atoms with van der Waals surface area (Å²) in [5.41, 5.74) is 2.02. The average molecular weight is 424 g/mol. The highest BCUT2D eigenvalue weighted by atomic mass is 35.5. The highest BCUT2D eigenvalue weighted by Crippen LogP contribution is 2.27. The molecule has 8 heteroatoms. The number of rotatable bonds is 6. The quantitative estimate of drug-likeness (QED) is 0.632. The van der Waals surface area contributed by atoms with E-state index in [1.54, 1.807) is 24.3 Å². The summed E-state index contributed by atoms with van der Waals surface area (Å²) in [4.78, 5) is 36.2. The lowest BCUT2D eigenvalue weighted by Gasteiger charge is -2.20. The van der Waals surface area contributed by atoms with Crippen molar-refractivity contribution in [3.8, 4) is 0 Å². The zero-order chi connectivity index (χ0) is 20.9. The number of benzene rings is 2. The van der Waals surface area contributed by atoms with Crippen molar-refractivity contribution in [2.45, 2.75) is 19.3 Å². The molecule has 2 heterocycles. The van der Waals surface area contributed by atoms with Crippen LogP contribution in [0.3, 0.4) is 0 Å². The Balaban J connectivity index is 1.41. The Kier molecular flexibility index (Phi) is 6.09. The van der Waals surface area contributed by atoms with Crippen molar-refractivity contribution >= 4 is 46.1 Å². The molecule has 1 aliphatic heterocycles.